The molecule has 11 heteroatoms. The molecular weight excluding hydrogens is 548 g/mol. The highest BCUT2D eigenvalue weighted by Crippen LogP contribution is 2.42. The molecule has 4 heterocycles. The second-order valence-electron chi connectivity index (χ2n) is 12.7. The monoisotopic (exact) mass is 592 g/mol. The lowest BCUT2D eigenvalue weighted by molar-refractivity contribution is -0.173. The quantitative estimate of drug-likeness (QED) is 0.450. The number of carbonyl (C=O) groups excluding carboxylic acids is 2. The molecular formula is C32H44N6O5. The van der Waals surface area contributed by atoms with E-state index in [1.807, 2.05) is 18.2 Å². The molecule has 1 aliphatic carbocycles. The molecule has 6 unspecified atom stereocenters. The van der Waals surface area contributed by atoms with Crippen LogP contribution >= 0.6 is 0 Å². The van der Waals surface area contributed by atoms with E-state index in [0.717, 1.165) is 42.7 Å². The van der Waals surface area contributed by atoms with Gasteiger partial charge in [-0.25, -0.2) is 0 Å². The summed E-state index contributed by atoms with van der Waals surface area (Å²) in [6.07, 6.45) is 5.06. The van der Waals surface area contributed by atoms with Crippen LogP contribution in [-0.2, 0) is 32.1 Å². The van der Waals surface area contributed by atoms with Crippen LogP contribution in [0.25, 0.3) is 0 Å². The number of nitrogens with zero attached hydrogens (tertiary/aromatic N) is 4. The van der Waals surface area contributed by atoms with Crippen LogP contribution in [-0.4, -0.2) is 110 Å². The van der Waals surface area contributed by atoms with Crippen molar-refractivity contribution in [2.24, 2.45) is 5.92 Å². The minimum Gasteiger partial charge on any atom is -0.497 e. The van der Waals surface area contributed by atoms with Crippen molar-refractivity contribution >= 4 is 11.7 Å². The summed E-state index contributed by atoms with van der Waals surface area (Å²) in [4.78, 5) is 33.4. The van der Waals surface area contributed by atoms with Crippen molar-refractivity contribution < 1.29 is 23.8 Å². The predicted octanol–water partition coefficient (Wildman–Crippen LogP) is 1.38. The first-order valence-electron chi connectivity index (χ1n) is 15.6. The number of nitriles is 1. The lowest BCUT2D eigenvalue weighted by Gasteiger charge is -2.55. The molecule has 0 bridgehead atoms. The Labute approximate surface area is 254 Å². The summed E-state index contributed by atoms with van der Waals surface area (Å²) in [5.41, 5.74) is 1.29. The Morgan fingerprint density at radius 3 is 2.84 bits per heavy atom. The summed E-state index contributed by atoms with van der Waals surface area (Å²) in [6, 6.07) is 7.88. The van der Waals surface area contributed by atoms with Gasteiger partial charge in [0.2, 0.25) is 5.91 Å². The van der Waals surface area contributed by atoms with E-state index in [1.165, 1.54) is 6.08 Å². The van der Waals surface area contributed by atoms with E-state index < -0.39 is 18.0 Å². The number of ether oxygens (including phenoxy) is 3. The fourth-order valence-corrected chi connectivity index (χ4v) is 7.81. The summed E-state index contributed by atoms with van der Waals surface area (Å²) in [5, 5.41) is 16.8. The third kappa shape index (κ3) is 5.84. The summed E-state index contributed by atoms with van der Waals surface area (Å²) in [5.74, 6) is 0.679. The maximum absolute atomic E-state index is 14.5. The molecule has 5 aliphatic rings. The number of likely N-dealkylation sites (tertiary alicyclic amines) is 1. The van der Waals surface area contributed by atoms with Gasteiger partial charge in [-0.15, -0.1) is 0 Å². The van der Waals surface area contributed by atoms with Gasteiger partial charge in [0.25, 0.3) is 0 Å². The van der Waals surface area contributed by atoms with Gasteiger partial charge in [0.15, 0.2) is 12.1 Å². The average Bonchev–Trinajstić information content (AvgIpc) is 3.45. The molecule has 1 aromatic rings. The Morgan fingerprint density at radius 2 is 2.09 bits per heavy atom. The van der Waals surface area contributed by atoms with Crippen LogP contribution in [0, 0.1) is 17.2 Å². The van der Waals surface area contributed by atoms with Gasteiger partial charge in [-0.3, -0.25) is 25.1 Å². The molecule has 6 rings (SSSR count). The van der Waals surface area contributed by atoms with E-state index in [0.29, 0.717) is 51.7 Å². The van der Waals surface area contributed by atoms with E-state index in [9.17, 15) is 14.9 Å². The van der Waals surface area contributed by atoms with E-state index in [-0.39, 0.29) is 36.2 Å². The zero-order valence-corrected chi connectivity index (χ0v) is 25.3. The Kier molecular flexibility index (Phi) is 8.87. The van der Waals surface area contributed by atoms with Gasteiger partial charge in [-0.05, 0) is 68.6 Å². The number of piperazine rings is 1. The molecule has 4 fully saturated rings. The zero-order chi connectivity index (χ0) is 30.1. The Balaban J connectivity index is 1.24. The van der Waals surface area contributed by atoms with Gasteiger partial charge >= 0.3 is 0 Å². The summed E-state index contributed by atoms with van der Waals surface area (Å²) < 4.78 is 18.4. The van der Waals surface area contributed by atoms with Gasteiger partial charge in [0.1, 0.15) is 11.4 Å². The van der Waals surface area contributed by atoms with Crippen molar-refractivity contribution in [3.05, 3.63) is 42.0 Å². The second kappa shape index (κ2) is 12.6. The average molecular weight is 593 g/mol. The summed E-state index contributed by atoms with van der Waals surface area (Å²) >= 11 is 0. The van der Waals surface area contributed by atoms with E-state index in [4.69, 9.17) is 14.2 Å². The number of benzene rings is 1. The lowest BCUT2D eigenvalue weighted by atomic mass is 9.68. The van der Waals surface area contributed by atoms with Crippen molar-refractivity contribution in [3.8, 4) is 11.8 Å². The first-order valence-corrected chi connectivity index (χ1v) is 15.6. The van der Waals surface area contributed by atoms with Crippen LogP contribution in [0.1, 0.15) is 43.2 Å². The lowest BCUT2D eigenvalue weighted by Crippen LogP contribution is -2.75. The standard InChI is InChI=1S/C32H44N6O5/c1-4-27(39)38-15-14-37(18-23(38)10-12-33)30-26-9-11-32(17-22-16-25(41-3)8-7-21(22)19-43-32)29(40)28(26)34-31(35-30)42-20-24-6-5-13-36(24)2/h4,7-8,16,23-24,26,28,30-31,34-35H,1,5-6,9-11,13-15,17-20H2,2-3H3/t23?,24?,26?,28?,30?,31?,32-/m1/s1. The molecule has 1 saturated carbocycles. The van der Waals surface area contributed by atoms with Gasteiger partial charge in [0, 0.05) is 38.0 Å². The predicted molar refractivity (Wildman–Crippen MR) is 159 cm³/mol. The Bertz CT molecular complexity index is 1270. The van der Waals surface area contributed by atoms with Crippen LogP contribution in [0.4, 0.5) is 0 Å². The van der Waals surface area contributed by atoms with Crippen molar-refractivity contribution in [1.29, 1.82) is 5.26 Å². The minimum absolute atomic E-state index is 0.0215. The van der Waals surface area contributed by atoms with Crippen molar-refractivity contribution in [2.75, 3.05) is 46.9 Å². The molecule has 232 valence electrons. The number of fused-ring (bicyclic) bond motifs is 2. The van der Waals surface area contributed by atoms with Gasteiger partial charge in [-0.2, -0.15) is 5.26 Å². The van der Waals surface area contributed by atoms with Crippen LogP contribution in [0.3, 0.4) is 0 Å². The Hall–Kier alpha value is -2.85. The maximum atomic E-state index is 14.5. The number of amides is 1. The van der Waals surface area contributed by atoms with Crippen LogP contribution < -0.4 is 15.4 Å². The van der Waals surface area contributed by atoms with Crippen LogP contribution in [0.15, 0.2) is 30.9 Å². The highest BCUT2D eigenvalue weighted by Gasteiger charge is 2.56. The van der Waals surface area contributed by atoms with Crippen molar-refractivity contribution in [1.82, 2.24) is 25.3 Å². The van der Waals surface area contributed by atoms with E-state index >= 15 is 0 Å². The van der Waals surface area contributed by atoms with Gasteiger partial charge < -0.3 is 24.0 Å². The van der Waals surface area contributed by atoms with E-state index in [2.05, 4.69) is 40.1 Å². The molecule has 2 N–H and O–H groups in total. The molecule has 7 atom stereocenters. The molecule has 1 aromatic carbocycles. The van der Waals surface area contributed by atoms with Gasteiger partial charge in [-0.1, -0.05) is 12.6 Å². The molecule has 4 aliphatic heterocycles. The molecule has 3 saturated heterocycles. The summed E-state index contributed by atoms with van der Waals surface area (Å²) in [6.45, 7) is 7.33. The molecule has 0 aromatic heterocycles. The number of rotatable bonds is 7. The number of hydrogen-bond acceptors (Lipinski definition) is 10. The SMILES string of the molecule is C=CC(=O)N1CCN(C2NC(OCC3CCCN3C)NC3C(=O)[C@@]4(CCC32)Cc2cc(OC)ccc2CO4)CC1CC#N. The van der Waals surface area contributed by atoms with Gasteiger partial charge in [0.05, 0.1) is 51.1 Å². The van der Waals surface area contributed by atoms with Crippen LogP contribution in [0.5, 0.6) is 5.75 Å². The molecule has 11 nitrogen and oxygen atoms in total. The molecule has 1 amide bonds. The number of methoxy groups -OCH3 is 1. The maximum Gasteiger partial charge on any atom is 0.246 e. The number of nitrogens with one attached hydrogen (secondary N) is 2. The fourth-order valence-electron chi connectivity index (χ4n) is 7.81. The topological polar surface area (TPSA) is 119 Å². The number of hydrogen-bond donors (Lipinski definition) is 2. The van der Waals surface area contributed by atoms with Crippen molar-refractivity contribution in [3.63, 3.8) is 0 Å². The largest absolute Gasteiger partial charge is 0.497 e. The molecule has 43 heavy (non-hydrogen) atoms. The zero-order valence-electron chi connectivity index (χ0n) is 25.3. The molecule has 1 spiro atoms. The normalized spacial score (nSPS) is 34.8. The van der Waals surface area contributed by atoms with E-state index in [1.54, 1.807) is 12.0 Å². The summed E-state index contributed by atoms with van der Waals surface area (Å²) in [7, 11) is 3.78. The minimum atomic E-state index is -0.899. The number of carbonyl (C=O) groups is 2. The third-order valence-electron chi connectivity index (χ3n) is 10.3. The number of ketones is 1. The Morgan fingerprint density at radius 1 is 1.23 bits per heavy atom. The highest BCUT2D eigenvalue weighted by atomic mass is 16.5. The molecule has 0 radical (unpaired) electrons. The van der Waals surface area contributed by atoms with Crippen LogP contribution in [0.2, 0.25) is 0 Å². The number of likely N-dealkylation sites (N-methyl/N-ethyl adjacent to an activating group) is 1. The first kappa shape index (κ1) is 30.2. The fraction of sp³-hybridized carbons (Fsp3) is 0.656. The third-order valence-corrected chi connectivity index (χ3v) is 10.3. The smallest absolute Gasteiger partial charge is 0.246 e. The highest BCUT2D eigenvalue weighted by molar-refractivity contribution is 5.94. The second-order valence-corrected chi connectivity index (χ2v) is 12.7. The first-order chi connectivity index (χ1) is 20.9. The number of Topliss-reactive ketones (excluding diaryl/α,β-unsaturated/α-hetero) is 1. The van der Waals surface area contributed by atoms with Crippen molar-refractivity contribution in [2.45, 2.75) is 81.4 Å².